The molecule has 0 atom stereocenters. The molecule has 1 nitrogen and oxygen atoms in total. The zero-order chi connectivity index (χ0) is 9.57. The second-order valence-electron chi connectivity index (χ2n) is 4.98. The summed E-state index contributed by atoms with van der Waals surface area (Å²) in [4.78, 5) is 11.3. The van der Waals surface area contributed by atoms with E-state index in [1.54, 1.807) is 6.08 Å². The fraction of sp³-hybridized carbons (Fsp3) is 0.727. The molecule has 0 unspecified atom stereocenters. The average molecular weight is 166 g/mol. The first-order chi connectivity index (χ1) is 5.27. The van der Waals surface area contributed by atoms with E-state index >= 15 is 0 Å². The highest BCUT2D eigenvalue weighted by atomic mass is 16.1. The molecule has 68 valence electrons. The van der Waals surface area contributed by atoms with Gasteiger partial charge in [-0.25, -0.2) is 0 Å². The quantitative estimate of drug-likeness (QED) is 0.540. The lowest BCUT2D eigenvalue weighted by atomic mass is 9.59. The standard InChI is InChI=1S/C11H18O/c1-8-6-9(12)7-10(2,3)11(8,4)5/h6H,7H2,1-5H3. The third-order valence-electron chi connectivity index (χ3n) is 3.67. The summed E-state index contributed by atoms with van der Waals surface area (Å²) in [6.07, 6.45) is 2.47. The van der Waals surface area contributed by atoms with Crippen molar-refractivity contribution in [3.05, 3.63) is 11.6 Å². The Morgan fingerprint density at radius 2 is 1.75 bits per heavy atom. The monoisotopic (exact) mass is 166 g/mol. The van der Waals surface area contributed by atoms with Gasteiger partial charge >= 0.3 is 0 Å². The van der Waals surface area contributed by atoms with Gasteiger partial charge in [0, 0.05) is 6.42 Å². The fourth-order valence-electron chi connectivity index (χ4n) is 1.66. The molecule has 1 rings (SSSR count). The third kappa shape index (κ3) is 1.21. The van der Waals surface area contributed by atoms with Gasteiger partial charge in [-0.2, -0.15) is 0 Å². The van der Waals surface area contributed by atoms with E-state index in [-0.39, 0.29) is 16.6 Å². The van der Waals surface area contributed by atoms with Crippen LogP contribution in [0.25, 0.3) is 0 Å². The molecule has 0 fully saturated rings. The zero-order valence-corrected chi connectivity index (χ0v) is 8.69. The van der Waals surface area contributed by atoms with Crippen molar-refractivity contribution in [2.45, 2.75) is 41.0 Å². The van der Waals surface area contributed by atoms with E-state index in [1.807, 2.05) is 0 Å². The van der Waals surface area contributed by atoms with Crippen molar-refractivity contribution in [3.8, 4) is 0 Å². The van der Waals surface area contributed by atoms with Gasteiger partial charge in [0.2, 0.25) is 0 Å². The smallest absolute Gasteiger partial charge is 0.156 e. The van der Waals surface area contributed by atoms with Crippen molar-refractivity contribution in [2.24, 2.45) is 10.8 Å². The molecule has 0 aromatic carbocycles. The summed E-state index contributed by atoms with van der Waals surface area (Å²) < 4.78 is 0. The van der Waals surface area contributed by atoms with Gasteiger partial charge in [0.05, 0.1) is 0 Å². The van der Waals surface area contributed by atoms with Gasteiger partial charge in [0.1, 0.15) is 0 Å². The second kappa shape index (κ2) is 2.45. The number of hydrogen-bond donors (Lipinski definition) is 0. The molecule has 0 saturated heterocycles. The molecule has 0 aromatic rings. The molecule has 0 saturated carbocycles. The molecule has 1 aliphatic carbocycles. The molecule has 0 amide bonds. The first-order valence-electron chi connectivity index (χ1n) is 4.49. The van der Waals surface area contributed by atoms with E-state index in [9.17, 15) is 4.79 Å². The number of carbonyl (C=O) groups excluding carboxylic acids is 1. The molecule has 0 radical (unpaired) electrons. The van der Waals surface area contributed by atoms with Crippen LogP contribution >= 0.6 is 0 Å². The molecule has 1 aliphatic rings. The summed E-state index contributed by atoms with van der Waals surface area (Å²) >= 11 is 0. The van der Waals surface area contributed by atoms with Crippen molar-refractivity contribution in [1.82, 2.24) is 0 Å². The molecule has 0 bridgehead atoms. The van der Waals surface area contributed by atoms with E-state index in [0.29, 0.717) is 6.42 Å². The van der Waals surface area contributed by atoms with Crippen molar-refractivity contribution in [1.29, 1.82) is 0 Å². The summed E-state index contributed by atoms with van der Waals surface area (Å²) in [5.41, 5.74) is 1.47. The predicted molar refractivity (Wildman–Crippen MR) is 50.9 cm³/mol. The van der Waals surface area contributed by atoms with Gasteiger partial charge in [0.15, 0.2) is 5.78 Å². The average Bonchev–Trinajstić information content (AvgIpc) is 1.82. The normalized spacial score (nSPS) is 26.8. The molecular weight excluding hydrogens is 148 g/mol. The Hall–Kier alpha value is -0.590. The predicted octanol–water partition coefficient (Wildman–Crippen LogP) is 2.96. The maximum atomic E-state index is 11.3. The van der Waals surface area contributed by atoms with Gasteiger partial charge < -0.3 is 0 Å². The first-order valence-corrected chi connectivity index (χ1v) is 4.49. The summed E-state index contributed by atoms with van der Waals surface area (Å²) in [5.74, 6) is 0.275. The van der Waals surface area contributed by atoms with Crippen LogP contribution in [-0.2, 0) is 4.79 Å². The molecular formula is C11H18O. The number of hydrogen-bond acceptors (Lipinski definition) is 1. The van der Waals surface area contributed by atoms with Crippen molar-refractivity contribution >= 4 is 5.78 Å². The maximum Gasteiger partial charge on any atom is 0.156 e. The van der Waals surface area contributed by atoms with Crippen LogP contribution < -0.4 is 0 Å². The zero-order valence-electron chi connectivity index (χ0n) is 8.69. The topological polar surface area (TPSA) is 17.1 Å². The second-order valence-corrected chi connectivity index (χ2v) is 4.98. The lowest BCUT2D eigenvalue weighted by Gasteiger charge is -2.45. The first kappa shape index (κ1) is 9.50. The highest BCUT2D eigenvalue weighted by molar-refractivity contribution is 5.92. The lowest BCUT2D eigenvalue weighted by molar-refractivity contribution is -0.119. The fourth-order valence-corrected chi connectivity index (χ4v) is 1.66. The number of allylic oxidation sites excluding steroid dienone is 2. The van der Waals surface area contributed by atoms with Crippen molar-refractivity contribution in [3.63, 3.8) is 0 Å². The summed E-state index contributed by atoms with van der Waals surface area (Å²) in [6, 6.07) is 0. The van der Waals surface area contributed by atoms with Crippen LogP contribution in [0.5, 0.6) is 0 Å². The summed E-state index contributed by atoms with van der Waals surface area (Å²) in [7, 11) is 0. The molecule has 0 N–H and O–H groups in total. The van der Waals surface area contributed by atoms with Gasteiger partial charge in [-0.3, -0.25) is 4.79 Å². The molecule has 0 heterocycles. The van der Waals surface area contributed by atoms with Crippen LogP contribution in [0.1, 0.15) is 41.0 Å². The largest absolute Gasteiger partial charge is 0.295 e. The Morgan fingerprint density at radius 3 is 2.17 bits per heavy atom. The van der Waals surface area contributed by atoms with Crippen LogP contribution in [0, 0.1) is 10.8 Å². The van der Waals surface area contributed by atoms with E-state index in [0.717, 1.165) is 0 Å². The third-order valence-corrected chi connectivity index (χ3v) is 3.67. The minimum Gasteiger partial charge on any atom is -0.295 e. The Balaban J connectivity index is 3.15. The van der Waals surface area contributed by atoms with E-state index in [4.69, 9.17) is 0 Å². The molecule has 0 aromatic heterocycles. The van der Waals surface area contributed by atoms with E-state index in [1.165, 1.54) is 5.57 Å². The van der Waals surface area contributed by atoms with Crippen LogP contribution in [0.2, 0.25) is 0 Å². The summed E-state index contributed by atoms with van der Waals surface area (Å²) in [6.45, 7) is 10.8. The molecule has 0 aliphatic heterocycles. The Morgan fingerprint density at radius 1 is 1.25 bits per heavy atom. The number of ketones is 1. The van der Waals surface area contributed by atoms with Crippen molar-refractivity contribution < 1.29 is 4.79 Å². The van der Waals surface area contributed by atoms with Gasteiger partial charge in [-0.05, 0) is 23.8 Å². The Bertz CT molecular complexity index is 244. The minimum atomic E-state index is 0.100. The van der Waals surface area contributed by atoms with Gasteiger partial charge in [-0.15, -0.1) is 0 Å². The van der Waals surface area contributed by atoms with E-state index in [2.05, 4.69) is 34.6 Å². The maximum absolute atomic E-state index is 11.3. The van der Waals surface area contributed by atoms with Crippen molar-refractivity contribution in [2.75, 3.05) is 0 Å². The SMILES string of the molecule is CC1=CC(=O)CC(C)(C)C1(C)C. The van der Waals surface area contributed by atoms with Gasteiger partial charge in [0.25, 0.3) is 0 Å². The van der Waals surface area contributed by atoms with Crippen LogP contribution in [-0.4, -0.2) is 5.78 Å². The van der Waals surface area contributed by atoms with Crippen LogP contribution in [0.4, 0.5) is 0 Å². The highest BCUT2D eigenvalue weighted by Gasteiger charge is 2.42. The Kier molecular flexibility index (Phi) is 1.94. The number of rotatable bonds is 0. The van der Waals surface area contributed by atoms with Crippen LogP contribution in [0.3, 0.4) is 0 Å². The van der Waals surface area contributed by atoms with Crippen LogP contribution in [0.15, 0.2) is 11.6 Å². The van der Waals surface area contributed by atoms with E-state index < -0.39 is 0 Å². The summed E-state index contributed by atoms with van der Waals surface area (Å²) in [5, 5.41) is 0. The lowest BCUT2D eigenvalue weighted by Crippen LogP contribution is -2.38. The molecule has 12 heavy (non-hydrogen) atoms. The highest BCUT2D eigenvalue weighted by Crippen LogP contribution is 2.49. The molecule has 0 spiro atoms. The molecule has 1 heteroatoms. The number of carbonyl (C=O) groups is 1. The van der Waals surface area contributed by atoms with Gasteiger partial charge in [-0.1, -0.05) is 33.3 Å². The minimum absolute atomic E-state index is 0.100. The Labute approximate surface area is 74.9 Å².